The Hall–Kier alpha value is -3.48. The van der Waals surface area contributed by atoms with E-state index in [1.165, 1.54) is 12.1 Å². The smallest absolute Gasteiger partial charge is 0.291 e. The molecule has 0 radical (unpaired) electrons. The van der Waals surface area contributed by atoms with Gasteiger partial charge in [-0.25, -0.2) is 9.37 Å². The van der Waals surface area contributed by atoms with Gasteiger partial charge in [0.2, 0.25) is 0 Å². The highest BCUT2D eigenvalue weighted by Gasteiger charge is 2.28. The van der Waals surface area contributed by atoms with Crippen LogP contribution in [0.25, 0.3) is 0 Å². The largest absolute Gasteiger partial charge is 0.323 e. The fraction of sp³-hybridized carbons (Fsp3) is 0.227. The Balaban J connectivity index is 1.63. The lowest BCUT2D eigenvalue weighted by atomic mass is 10.1. The second kappa shape index (κ2) is 7.87. The van der Waals surface area contributed by atoms with Crippen LogP contribution in [0, 0.1) is 12.7 Å². The summed E-state index contributed by atoms with van der Waals surface area (Å²) in [6.07, 6.45) is 2.46. The van der Waals surface area contributed by atoms with Crippen molar-refractivity contribution in [3.05, 3.63) is 77.1 Å². The molecule has 1 aromatic heterocycles. The summed E-state index contributed by atoms with van der Waals surface area (Å²) in [4.78, 5) is 30.0. The van der Waals surface area contributed by atoms with Crippen molar-refractivity contribution < 1.29 is 14.0 Å². The third-order valence-corrected chi connectivity index (χ3v) is 4.97. The van der Waals surface area contributed by atoms with Crippen LogP contribution in [-0.4, -0.2) is 21.4 Å². The number of nitrogens with one attached hydrogen (secondary N) is 2. The summed E-state index contributed by atoms with van der Waals surface area (Å²) in [6, 6.07) is 13.4. The van der Waals surface area contributed by atoms with Crippen LogP contribution >= 0.6 is 0 Å². The first-order chi connectivity index (χ1) is 14.0. The number of nitrogens with zero attached hydrogens (tertiary/aromatic N) is 2. The van der Waals surface area contributed by atoms with Gasteiger partial charge in [-0.1, -0.05) is 29.8 Å². The summed E-state index contributed by atoms with van der Waals surface area (Å²) in [6.45, 7) is 2.59. The molecule has 0 aliphatic carbocycles. The average Bonchev–Trinajstić information content (AvgIpc) is 3.11. The summed E-state index contributed by atoms with van der Waals surface area (Å²) in [7, 11) is 0. The molecule has 0 unspecified atom stereocenters. The molecule has 0 bridgehead atoms. The normalized spacial score (nSPS) is 12.9. The van der Waals surface area contributed by atoms with Crippen LogP contribution in [0.5, 0.6) is 0 Å². The van der Waals surface area contributed by atoms with Crippen LogP contribution in [-0.2, 0) is 13.0 Å². The maximum absolute atomic E-state index is 13.9. The van der Waals surface area contributed by atoms with E-state index < -0.39 is 11.7 Å². The Morgan fingerprint density at radius 3 is 2.52 bits per heavy atom. The Bertz CT molecular complexity index is 1070. The zero-order valence-electron chi connectivity index (χ0n) is 16.0. The topological polar surface area (TPSA) is 76.0 Å². The minimum atomic E-state index is -0.522. The lowest BCUT2D eigenvalue weighted by molar-refractivity contribution is 0.101. The molecule has 0 spiro atoms. The number of hydrogen-bond donors (Lipinski definition) is 2. The molecule has 0 fully saturated rings. The molecule has 0 saturated carbocycles. The van der Waals surface area contributed by atoms with Crippen molar-refractivity contribution >= 4 is 23.2 Å². The van der Waals surface area contributed by atoms with Gasteiger partial charge in [-0.05, 0) is 50.5 Å². The van der Waals surface area contributed by atoms with Crippen molar-refractivity contribution in [2.45, 2.75) is 32.7 Å². The van der Waals surface area contributed by atoms with Crippen molar-refractivity contribution in [3.63, 3.8) is 0 Å². The minimum absolute atomic E-state index is 0.0840. The molecule has 29 heavy (non-hydrogen) atoms. The minimum Gasteiger partial charge on any atom is -0.323 e. The number of carbonyl (C=O) groups excluding carboxylic acids is 2. The molecule has 2 aromatic carbocycles. The van der Waals surface area contributed by atoms with Crippen LogP contribution < -0.4 is 10.6 Å². The fourth-order valence-electron chi connectivity index (χ4n) is 3.47. The first-order valence-corrected chi connectivity index (χ1v) is 9.56. The van der Waals surface area contributed by atoms with E-state index in [1.54, 1.807) is 16.7 Å². The molecular weight excluding hydrogens is 371 g/mol. The fourth-order valence-corrected chi connectivity index (χ4v) is 3.47. The number of benzene rings is 2. The number of amides is 2. The van der Waals surface area contributed by atoms with Crippen molar-refractivity contribution in [2.24, 2.45) is 0 Å². The lowest BCUT2D eigenvalue weighted by Gasteiger charge is -2.17. The van der Waals surface area contributed by atoms with Gasteiger partial charge in [-0.2, -0.15) is 0 Å². The summed E-state index contributed by atoms with van der Waals surface area (Å²) in [5.41, 5.74) is 2.71. The van der Waals surface area contributed by atoms with Crippen LogP contribution in [0.3, 0.4) is 0 Å². The Labute approximate surface area is 167 Å². The van der Waals surface area contributed by atoms with E-state index >= 15 is 0 Å². The van der Waals surface area contributed by atoms with E-state index in [0.29, 0.717) is 24.3 Å². The lowest BCUT2D eigenvalue weighted by Crippen LogP contribution is -2.21. The van der Waals surface area contributed by atoms with Gasteiger partial charge in [0.15, 0.2) is 11.5 Å². The van der Waals surface area contributed by atoms with Crippen LogP contribution in [0.1, 0.15) is 45.2 Å². The standard InChI is InChI=1S/C22H21FN4O2/c1-14-9-11-15(12-10-14)24-22(29)20-26-19(18-8-4-5-13-27(18)20)21(28)25-17-7-3-2-6-16(17)23/h2-3,6-7,9-12H,4-5,8,13H2,1H3,(H,24,29)(H,25,28). The van der Waals surface area contributed by atoms with E-state index in [0.717, 1.165) is 18.4 Å². The number of aromatic nitrogens is 2. The number of halogens is 1. The Morgan fingerprint density at radius 1 is 1.00 bits per heavy atom. The second-order valence-corrected chi connectivity index (χ2v) is 7.09. The van der Waals surface area contributed by atoms with Crippen molar-refractivity contribution in [3.8, 4) is 0 Å². The second-order valence-electron chi connectivity index (χ2n) is 7.09. The molecule has 2 N–H and O–H groups in total. The van der Waals surface area contributed by atoms with Crippen molar-refractivity contribution in [1.82, 2.24) is 9.55 Å². The highest BCUT2D eigenvalue weighted by atomic mass is 19.1. The number of carbonyl (C=O) groups is 2. The number of rotatable bonds is 4. The molecule has 0 atom stereocenters. The third-order valence-electron chi connectivity index (χ3n) is 4.97. The number of hydrogen-bond acceptors (Lipinski definition) is 3. The zero-order valence-corrected chi connectivity index (χ0v) is 16.0. The molecule has 2 amide bonds. The number of imidazole rings is 1. The maximum Gasteiger partial charge on any atom is 0.291 e. The number of aryl methyl sites for hydroxylation is 1. The summed E-state index contributed by atoms with van der Waals surface area (Å²) in [5, 5.41) is 5.40. The van der Waals surface area contributed by atoms with E-state index in [9.17, 15) is 14.0 Å². The summed E-state index contributed by atoms with van der Waals surface area (Å²) < 4.78 is 15.7. The molecule has 1 aliphatic heterocycles. The molecule has 6 nitrogen and oxygen atoms in total. The molecule has 3 aromatic rings. The molecule has 1 aliphatic rings. The van der Waals surface area contributed by atoms with Gasteiger partial charge in [0.1, 0.15) is 5.82 Å². The van der Waals surface area contributed by atoms with Crippen LogP contribution in [0.2, 0.25) is 0 Å². The molecule has 7 heteroatoms. The van der Waals surface area contributed by atoms with E-state index in [2.05, 4.69) is 15.6 Å². The summed E-state index contributed by atoms with van der Waals surface area (Å²) >= 11 is 0. The quantitative estimate of drug-likeness (QED) is 0.700. The molecule has 2 heterocycles. The van der Waals surface area contributed by atoms with Gasteiger partial charge in [0, 0.05) is 12.2 Å². The van der Waals surface area contributed by atoms with Gasteiger partial charge >= 0.3 is 0 Å². The van der Waals surface area contributed by atoms with E-state index in [-0.39, 0.29) is 23.1 Å². The zero-order chi connectivity index (χ0) is 20.4. The number of anilines is 2. The van der Waals surface area contributed by atoms with Crippen LogP contribution in [0.15, 0.2) is 48.5 Å². The Kier molecular flexibility index (Phi) is 5.12. The van der Waals surface area contributed by atoms with Gasteiger partial charge in [-0.15, -0.1) is 0 Å². The molecule has 4 rings (SSSR count). The predicted molar refractivity (Wildman–Crippen MR) is 109 cm³/mol. The van der Waals surface area contributed by atoms with Crippen molar-refractivity contribution in [1.29, 1.82) is 0 Å². The maximum atomic E-state index is 13.9. The van der Waals surface area contributed by atoms with Gasteiger partial charge in [0.25, 0.3) is 11.8 Å². The first-order valence-electron chi connectivity index (χ1n) is 9.56. The number of para-hydroxylation sites is 1. The average molecular weight is 392 g/mol. The highest BCUT2D eigenvalue weighted by Crippen LogP contribution is 2.23. The Morgan fingerprint density at radius 2 is 1.76 bits per heavy atom. The SMILES string of the molecule is Cc1ccc(NC(=O)c2nc(C(=O)Nc3ccccc3F)c3n2CCCC3)cc1. The predicted octanol–water partition coefficient (Wildman–Crippen LogP) is 4.17. The van der Waals surface area contributed by atoms with E-state index in [4.69, 9.17) is 0 Å². The number of fused-ring (bicyclic) bond motifs is 1. The van der Waals surface area contributed by atoms with Crippen molar-refractivity contribution in [2.75, 3.05) is 10.6 Å². The molecule has 0 saturated heterocycles. The van der Waals surface area contributed by atoms with Crippen LogP contribution in [0.4, 0.5) is 15.8 Å². The molecular formula is C22H21FN4O2. The molecule has 148 valence electrons. The monoisotopic (exact) mass is 392 g/mol. The summed E-state index contributed by atoms with van der Waals surface area (Å²) in [5.74, 6) is -1.22. The van der Waals surface area contributed by atoms with Gasteiger partial charge < -0.3 is 15.2 Å². The highest BCUT2D eigenvalue weighted by molar-refractivity contribution is 6.07. The third kappa shape index (κ3) is 3.89. The van der Waals surface area contributed by atoms with E-state index in [1.807, 2.05) is 31.2 Å². The van der Waals surface area contributed by atoms with Gasteiger partial charge in [-0.3, -0.25) is 9.59 Å². The van der Waals surface area contributed by atoms with Gasteiger partial charge in [0.05, 0.1) is 11.4 Å². The first kappa shape index (κ1) is 18.9.